The highest BCUT2D eigenvalue weighted by atomic mass is 32.2. The molecule has 0 saturated carbocycles. The molecule has 0 spiro atoms. The Hall–Kier alpha value is -2.38. The largest absolute Gasteiger partial charge is 0.497 e. The van der Waals surface area contributed by atoms with Gasteiger partial charge in [0.2, 0.25) is 15.9 Å². The van der Waals surface area contributed by atoms with Gasteiger partial charge in [0.05, 0.1) is 12.0 Å². The van der Waals surface area contributed by atoms with Crippen LogP contribution in [-0.4, -0.2) is 38.3 Å². The molecule has 1 saturated heterocycles. The molecule has 1 aliphatic rings. The summed E-state index contributed by atoms with van der Waals surface area (Å²) in [6.45, 7) is 0.727. The summed E-state index contributed by atoms with van der Waals surface area (Å²) in [7, 11) is -2.20. The summed E-state index contributed by atoms with van der Waals surface area (Å²) in [6.07, 6.45) is 1.19. The summed E-state index contributed by atoms with van der Waals surface area (Å²) in [5, 5.41) is 2.85. The summed E-state index contributed by atoms with van der Waals surface area (Å²) in [6, 6.07) is 15.1. The topological polar surface area (TPSA) is 75.7 Å². The Balaban J connectivity index is 1.72. The average Bonchev–Trinajstić information content (AvgIpc) is 3.18. The highest BCUT2D eigenvalue weighted by Crippen LogP contribution is 2.27. The first-order valence-corrected chi connectivity index (χ1v) is 9.94. The predicted molar refractivity (Wildman–Crippen MR) is 98.2 cm³/mol. The minimum atomic E-state index is -3.72. The average molecular weight is 374 g/mol. The lowest BCUT2D eigenvalue weighted by Crippen LogP contribution is -2.45. The van der Waals surface area contributed by atoms with E-state index < -0.39 is 16.1 Å². The van der Waals surface area contributed by atoms with Crippen LogP contribution in [0.1, 0.15) is 18.4 Å². The Bertz CT molecular complexity index is 851. The van der Waals surface area contributed by atoms with E-state index in [4.69, 9.17) is 4.74 Å². The van der Waals surface area contributed by atoms with E-state index in [1.165, 1.54) is 23.5 Å². The van der Waals surface area contributed by atoms with Crippen molar-refractivity contribution >= 4 is 15.9 Å². The van der Waals surface area contributed by atoms with Crippen LogP contribution in [-0.2, 0) is 21.4 Å². The maximum Gasteiger partial charge on any atom is 0.243 e. The molecule has 1 atom stereocenters. The van der Waals surface area contributed by atoms with Gasteiger partial charge in [-0.05, 0) is 42.7 Å². The Kier molecular flexibility index (Phi) is 5.58. The molecule has 1 heterocycles. The minimum absolute atomic E-state index is 0.168. The van der Waals surface area contributed by atoms with Crippen molar-refractivity contribution in [3.05, 3.63) is 60.2 Å². The third-order valence-electron chi connectivity index (χ3n) is 4.48. The van der Waals surface area contributed by atoms with E-state index in [0.717, 1.165) is 5.56 Å². The van der Waals surface area contributed by atoms with E-state index >= 15 is 0 Å². The molecule has 1 fully saturated rings. The third-order valence-corrected chi connectivity index (χ3v) is 6.40. The van der Waals surface area contributed by atoms with E-state index in [0.29, 0.717) is 31.7 Å². The molecule has 3 rings (SSSR count). The Morgan fingerprint density at radius 3 is 2.50 bits per heavy atom. The van der Waals surface area contributed by atoms with Gasteiger partial charge < -0.3 is 10.1 Å². The van der Waals surface area contributed by atoms with E-state index in [1.54, 1.807) is 12.1 Å². The number of carbonyl (C=O) groups is 1. The van der Waals surface area contributed by atoms with Crippen molar-refractivity contribution < 1.29 is 17.9 Å². The molecule has 1 aliphatic heterocycles. The fourth-order valence-corrected chi connectivity index (χ4v) is 4.73. The number of methoxy groups -OCH3 is 1. The summed E-state index contributed by atoms with van der Waals surface area (Å²) in [5.41, 5.74) is 0.975. The van der Waals surface area contributed by atoms with E-state index in [2.05, 4.69) is 5.32 Å². The van der Waals surface area contributed by atoms with Gasteiger partial charge >= 0.3 is 0 Å². The second-order valence-electron chi connectivity index (χ2n) is 6.15. The van der Waals surface area contributed by atoms with Crippen LogP contribution in [0.3, 0.4) is 0 Å². The number of nitrogens with one attached hydrogen (secondary N) is 1. The van der Waals surface area contributed by atoms with Crippen LogP contribution in [0.15, 0.2) is 59.5 Å². The van der Waals surface area contributed by atoms with Gasteiger partial charge in [-0.25, -0.2) is 8.42 Å². The lowest BCUT2D eigenvalue weighted by atomic mass is 10.2. The monoisotopic (exact) mass is 374 g/mol. The molecule has 26 heavy (non-hydrogen) atoms. The molecule has 0 bridgehead atoms. The molecule has 0 aliphatic carbocycles. The van der Waals surface area contributed by atoms with Crippen molar-refractivity contribution in [2.45, 2.75) is 30.3 Å². The van der Waals surface area contributed by atoms with Crippen molar-refractivity contribution in [2.24, 2.45) is 0 Å². The van der Waals surface area contributed by atoms with Gasteiger partial charge in [0.1, 0.15) is 11.8 Å². The summed E-state index contributed by atoms with van der Waals surface area (Å²) >= 11 is 0. The molecule has 1 amide bonds. The van der Waals surface area contributed by atoms with Crippen LogP contribution >= 0.6 is 0 Å². The highest BCUT2D eigenvalue weighted by molar-refractivity contribution is 7.89. The minimum Gasteiger partial charge on any atom is -0.497 e. The summed E-state index contributed by atoms with van der Waals surface area (Å²) < 4.78 is 32.2. The van der Waals surface area contributed by atoms with Crippen LogP contribution in [0.5, 0.6) is 5.75 Å². The molecule has 1 N–H and O–H groups in total. The first-order valence-electron chi connectivity index (χ1n) is 8.50. The number of hydrogen-bond acceptors (Lipinski definition) is 4. The Morgan fingerprint density at radius 1 is 1.15 bits per heavy atom. The van der Waals surface area contributed by atoms with Gasteiger partial charge in [0.15, 0.2) is 0 Å². The number of amides is 1. The molecule has 2 aromatic rings. The predicted octanol–water partition coefficient (Wildman–Crippen LogP) is 2.16. The van der Waals surface area contributed by atoms with Gasteiger partial charge in [-0.15, -0.1) is 0 Å². The highest BCUT2D eigenvalue weighted by Gasteiger charge is 2.39. The fourth-order valence-electron chi connectivity index (χ4n) is 3.08. The van der Waals surface area contributed by atoms with E-state index in [1.807, 2.05) is 30.3 Å². The zero-order chi connectivity index (χ0) is 18.6. The van der Waals surface area contributed by atoms with Crippen LogP contribution in [0, 0.1) is 0 Å². The molecule has 2 aromatic carbocycles. The van der Waals surface area contributed by atoms with Crippen molar-refractivity contribution in [3.63, 3.8) is 0 Å². The van der Waals surface area contributed by atoms with Crippen molar-refractivity contribution in [2.75, 3.05) is 13.7 Å². The van der Waals surface area contributed by atoms with Gasteiger partial charge in [0.25, 0.3) is 0 Å². The lowest BCUT2D eigenvalue weighted by molar-refractivity contribution is -0.124. The Labute approximate surface area is 153 Å². The van der Waals surface area contributed by atoms with Crippen molar-refractivity contribution in [3.8, 4) is 5.75 Å². The van der Waals surface area contributed by atoms with Crippen LogP contribution in [0.2, 0.25) is 0 Å². The summed E-state index contributed by atoms with van der Waals surface area (Å²) in [4.78, 5) is 12.7. The van der Waals surface area contributed by atoms with Gasteiger partial charge in [-0.3, -0.25) is 4.79 Å². The van der Waals surface area contributed by atoms with Crippen LogP contribution < -0.4 is 10.1 Å². The molecule has 7 heteroatoms. The molecular formula is C19H22N2O4S. The third kappa shape index (κ3) is 3.89. The molecule has 0 unspecified atom stereocenters. The van der Waals surface area contributed by atoms with Crippen molar-refractivity contribution in [1.82, 2.24) is 9.62 Å². The standard InChI is InChI=1S/C19H22N2O4S/c1-25-16-9-11-17(12-10-16)26(23,24)21-13-5-8-18(21)19(22)20-14-15-6-3-2-4-7-15/h2-4,6-7,9-12,18H,5,8,13-14H2,1H3,(H,20,22)/t18-/m1/s1. The van der Waals surface area contributed by atoms with Crippen LogP contribution in [0.4, 0.5) is 0 Å². The smallest absolute Gasteiger partial charge is 0.243 e. The number of benzene rings is 2. The zero-order valence-electron chi connectivity index (χ0n) is 14.6. The number of carbonyl (C=O) groups excluding carboxylic acids is 1. The fraction of sp³-hybridized carbons (Fsp3) is 0.316. The van der Waals surface area contributed by atoms with Gasteiger partial charge in [-0.2, -0.15) is 4.31 Å². The molecule has 0 radical (unpaired) electrons. The quantitative estimate of drug-likeness (QED) is 0.841. The van der Waals surface area contributed by atoms with Crippen molar-refractivity contribution in [1.29, 1.82) is 0 Å². The SMILES string of the molecule is COc1ccc(S(=O)(=O)N2CCC[C@@H]2C(=O)NCc2ccccc2)cc1. The van der Waals surface area contributed by atoms with Gasteiger partial charge in [-0.1, -0.05) is 30.3 Å². The van der Waals surface area contributed by atoms with Gasteiger partial charge in [0, 0.05) is 13.1 Å². The maximum absolute atomic E-state index is 12.9. The number of ether oxygens (including phenoxy) is 1. The Morgan fingerprint density at radius 2 is 1.85 bits per heavy atom. The molecule has 6 nitrogen and oxygen atoms in total. The van der Waals surface area contributed by atoms with E-state index in [9.17, 15) is 13.2 Å². The van der Waals surface area contributed by atoms with Crippen LogP contribution in [0.25, 0.3) is 0 Å². The normalized spacial score (nSPS) is 17.8. The lowest BCUT2D eigenvalue weighted by Gasteiger charge is -2.23. The first kappa shape index (κ1) is 18.4. The first-order chi connectivity index (χ1) is 12.5. The second-order valence-corrected chi connectivity index (χ2v) is 8.04. The number of nitrogens with zero attached hydrogens (tertiary/aromatic N) is 1. The number of rotatable bonds is 6. The van der Waals surface area contributed by atoms with E-state index in [-0.39, 0.29) is 10.8 Å². The second kappa shape index (κ2) is 7.88. The number of sulfonamides is 1. The molecule has 0 aromatic heterocycles. The summed E-state index contributed by atoms with van der Waals surface area (Å²) in [5.74, 6) is 0.325. The zero-order valence-corrected chi connectivity index (χ0v) is 15.4. The molecular weight excluding hydrogens is 352 g/mol. The molecule has 138 valence electrons. The number of hydrogen-bond donors (Lipinski definition) is 1. The maximum atomic E-state index is 12.9.